The molecular formula is C20H23N3O2. The van der Waals surface area contributed by atoms with Gasteiger partial charge in [0.1, 0.15) is 0 Å². The second-order valence-electron chi connectivity index (χ2n) is 6.18. The molecule has 0 aromatic heterocycles. The number of fused-ring (bicyclic) bond motifs is 1. The third-order valence-electron chi connectivity index (χ3n) is 4.48. The summed E-state index contributed by atoms with van der Waals surface area (Å²) < 4.78 is 0. The Morgan fingerprint density at radius 1 is 1.16 bits per heavy atom. The van der Waals surface area contributed by atoms with E-state index in [2.05, 4.69) is 23.6 Å². The number of aryl methyl sites for hydroxylation is 1. The highest BCUT2D eigenvalue weighted by Crippen LogP contribution is 2.30. The summed E-state index contributed by atoms with van der Waals surface area (Å²) in [5, 5.41) is 6.11. The zero-order chi connectivity index (χ0) is 17.8. The fourth-order valence-electron chi connectivity index (χ4n) is 3.19. The van der Waals surface area contributed by atoms with Crippen molar-refractivity contribution < 1.29 is 9.59 Å². The first-order chi connectivity index (χ1) is 12.1. The monoisotopic (exact) mass is 337 g/mol. The van der Waals surface area contributed by atoms with Gasteiger partial charge in [0.2, 0.25) is 11.8 Å². The number of rotatable bonds is 5. The summed E-state index contributed by atoms with van der Waals surface area (Å²) in [4.78, 5) is 25.6. The van der Waals surface area contributed by atoms with E-state index in [0.29, 0.717) is 6.54 Å². The molecule has 0 bridgehead atoms. The quantitative estimate of drug-likeness (QED) is 0.881. The summed E-state index contributed by atoms with van der Waals surface area (Å²) >= 11 is 0. The van der Waals surface area contributed by atoms with Gasteiger partial charge in [0, 0.05) is 30.5 Å². The van der Waals surface area contributed by atoms with E-state index in [1.54, 1.807) is 11.8 Å². The molecule has 3 rings (SSSR count). The molecule has 0 radical (unpaired) electrons. The lowest BCUT2D eigenvalue weighted by Crippen LogP contribution is -2.25. The Bertz CT molecular complexity index is 801. The van der Waals surface area contributed by atoms with Crippen LogP contribution in [0.5, 0.6) is 0 Å². The van der Waals surface area contributed by atoms with Crippen molar-refractivity contribution >= 4 is 28.9 Å². The highest BCUT2D eigenvalue weighted by molar-refractivity contribution is 5.96. The van der Waals surface area contributed by atoms with Gasteiger partial charge in [0.05, 0.1) is 6.54 Å². The molecule has 2 aromatic rings. The number of nitrogens with one attached hydrogen (secondary N) is 2. The van der Waals surface area contributed by atoms with Gasteiger partial charge in [-0.15, -0.1) is 0 Å². The zero-order valence-electron chi connectivity index (χ0n) is 14.6. The minimum absolute atomic E-state index is 0.0503. The Kier molecular flexibility index (Phi) is 5.03. The van der Waals surface area contributed by atoms with Crippen molar-refractivity contribution in [2.45, 2.75) is 26.7 Å². The van der Waals surface area contributed by atoms with E-state index < -0.39 is 0 Å². The number of para-hydroxylation sites is 1. The molecule has 1 aliphatic heterocycles. The molecule has 1 aliphatic rings. The maximum Gasteiger partial charge on any atom is 0.243 e. The van der Waals surface area contributed by atoms with E-state index >= 15 is 0 Å². The largest absolute Gasteiger partial charge is 0.376 e. The van der Waals surface area contributed by atoms with Crippen LogP contribution in [0.1, 0.15) is 25.0 Å². The van der Waals surface area contributed by atoms with Crippen molar-refractivity contribution in [2.75, 3.05) is 28.6 Å². The number of amides is 2. The Hall–Kier alpha value is -2.82. The highest BCUT2D eigenvalue weighted by Gasteiger charge is 2.22. The fraction of sp³-hybridized carbons (Fsp3) is 0.300. The van der Waals surface area contributed by atoms with Crippen LogP contribution in [0.2, 0.25) is 0 Å². The van der Waals surface area contributed by atoms with Gasteiger partial charge in [-0.25, -0.2) is 0 Å². The van der Waals surface area contributed by atoms with Gasteiger partial charge in [0.25, 0.3) is 0 Å². The lowest BCUT2D eigenvalue weighted by atomic mass is 10.1. The summed E-state index contributed by atoms with van der Waals surface area (Å²) in [6, 6.07) is 13.7. The molecule has 0 aliphatic carbocycles. The molecule has 0 fully saturated rings. The third-order valence-corrected chi connectivity index (χ3v) is 4.48. The molecule has 0 atom stereocenters. The highest BCUT2D eigenvalue weighted by atomic mass is 16.2. The molecule has 1 heterocycles. The molecular weight excluding hydrogens is 314 g/mol. The first-order valence-corrected chi connectivity index (χ1v) is 8.61. The van der Waals surface area contributed by atoms with Crippen molar-refractivity contribution in [1.82, 2.24) is 0 Å². The smallest absolute Gasteiger partial charge is 0.243 e. The maximum absolute atomic E-state index is 12.2. The molecule has 130 valence electrons. The lowest BCUT2D eigenvalue weighted by Gasteiger charge is -2.15. The van der Waals surface area contributed by atoms with E-state index in [-0.39, 0.29) is 18.4 Å². The standard InChI is InChI=1S/C20H23N3O2/c1-3-15-6-4-5-7-18(15)21-13-20(25)22-17-8-9-19-16(12-17)10-11-23(19)14(2)24/h4-9,12,21H,3,10-11,13H2,1-2H3,(H,22,25). The van der Waals surface area contributed by atoms with Crippen LogP contribution in [0.15, 0.2) is 42.5 Å². The summed E-state index contributed by atoms with van der Waals surface area (Å²) in [7, 11) is 0. The number of anilines is 3. The number of carbonyl (C=O) groups is 2. The van der Waals surface area contributed by atoms with Gasteiger partial charge in [0.15, 0.2) is 0 Å². The fourth-order valence-corrected chi connectivity index (χ4v) is 3.19. The second kappa shape index (κ2) is 7.38. The summed E-state index contributed by atoms with van der Waals surface area (Å²) in [6.07, 6.45) is 1.74. The second-order valence-corrected chi connectivity index (χ2v) is 6.18. The van der Waals surface area contributed by atoms with Crippen LogP contribution in [-0.2, 0) is 22.4 Å². The van der Waals surface area contributed by atoms with Gasteiger partial charge >= 0.3 is 0 Å². The SMILES string of the molecule is CCc1ccccc1NCC(=O)Nc1ccc2c(c1)CCN2C(C)=O. The number of hydrogen-bond acceptors (Lipinski definition) is 3. The van der Waals surface area contributed by atoms with Gasteiger partial charge in [-0.05, 0) is 48.2 Å². The summed E-state index contributed by atoms with van der Waals surface area (Å²) in [5.41, 5.74) is 4.99. The molecule has 0 saturated heterocycles. The number of hydrogen-bond donors (Lipinski definition) is 2. The Morgan fingerprint density at radius 2 is 1.96 bits per heavy atom. The molecule has 0 unspecified atom stereocenters. The normalized spacial score (nSPS) is 12.6. The topological polar surface area (TPSA) is 61.4 Å². The maximum atomic E-state index is 12.2. The molecule has 2 amide bonds. The van der Waals surface area contributed by atoms with Crippen LogP contribution < -0.4 is 15.5 Å². The van der Waals surface area contributed by atoms with Gasteiger partial charge in [-0.3, -0.25) is 9.59 Å². The van der Waals surface area contributed by atoms with Crippen molar-refractivity contribution in [2.24, 2.45) is 0 Å². The third kappa shape index (κ3) is 3.82. The van der Waals surface area contributed by atoms with Crippen LogP contribution in [0.25, 0.3) is 0 Å². The minimum atomic E-state index is -0.0905. The molecule has 5 heteroatoms. The molecule has 25 heavy (non-hydrogen) atoms. The van der Waals surface area contributed by atoms with E-state index in [0.717, 1.165) is 35.5 Å². The van der Waals surface area contributed by atoms with Crippen molar-refractivity contribution in [3.63, 3.8) is 0 Å². The number of benzene rings is 2. The molecule has 5 nitrogen and oxygen atoms in total. The Morgan fingerprint density at radius 3 is 2.72 bits per heavy atom. The zero-order valence-corrected chi connectivity index (χ0v) is 14.6. The Labute approximate surface area is 148 Å². The first-order valence-electron chi connectivity index (χ1n) is 8.61. The van der Waals surface area contributed by atoms with Gasteiger partial charge < -0.3 is 15.5 Å². The average molecular weight is 337 g/mol. The average Bonchev–Trinajstić information content (AvgIpc) is 3.03. The number of carbonyl (C=O) groups excluding carboxylic acids is 2. The van der Waals surface area contributed by atoms with Crippen LogP contribution in [0, 0.1) is 0 Å². The molecule has 0 saturated carbocycles. The van der Waals surface area contributed by atoms with E-state index in [4.69, 9.17) is 0 Å². The molecule has 2 aromatic carbocycles. The Balaban J connectivity index is 1.61. The predicted molar refractivity (Wildman–Crippen MR) is 101 cm³/mol. The van der Waals surface area contributed by atoms with E-state index in [1.807, 2.05) is 36.4 Å². The van der Waals surface area contributed by atoms with Crippen LogP contribution >= 0.6 is 0 Å². The van der Waals surface area contributed by atoms with Gasteiger partial charge in [-0.2, -0.15) is 0 Å². The lowest BCUT2D eigenvalue weighted by molar-refractivity contribution is -0.116. The number of nitrogens with zero attached hydrogens (tertiary/aromatic N) is 1. The van der Waals surface area contributed by atoms with Crippen LogP contribution in [0.3, 0.4) is 0 Å². The minimum Gasteiger partial charge on any atom is -0.376 e. The van der Waals surface area contributed by atoms with Crippen LogP contribution in [0.4, 0.5) is 17.1 Å². The van der Waals surface area contributed by atoms with Crippen molar-refractivity contribution in [1.29, 1.82) is 0 Å². The van der Waals surface area contributed by atoms with Crippen molar-refractivity contribution in [3.05, 3.63) is 53.6 Å². The first kappa shape index (κ1) is 17.0. The van der Waals surface area contributed by atoms with Gasteiger partial charge in [-0.1, -0.05) is 25.1 Å². The van der Waals surface area contributed by atoms with Crippen LogP contribution in [-0.4, -0.2) is 24.9 Å². The molecule has 2 N–H and O–H groups in total. The summed E-state index contributed by atoms with van der Waals surface area (Å²) in [6.45, 7) is 4.59. The van der Waals surface area contributed by atoms with Crippen molar-refractivity contribution in [3.8, 4) is 0 Å². The molecule has 0 spiro atoms. The summed E-state index contributed by atoms with van der Waals surface area (Å²) in [5.74, 6) is -0.0402. The van der Waals surface area contributed by atoms with E-state index in [9.17, 15) is 9.59 Å². The van der Waals surface area contributed by atoms with E-state index in [1.165, 1.54) is 5.56 Å². The predicted octanol–water partition coefficient (Wildman–Crippen LogP) is 3.21.